The standard InChI is InChI=1S/C35H51NO20/c1-10-11-12-13-46-33-32(54-23(8)43)31(53-22(7)42)29(52-21(6)41)26(55-33)16-48-35(34(44)45-9)14-24(49-18(3)38)27(36)30(56-35)28(51-20(5)40)25(50-19(4)39)15-47-17(2)37/h10,24-33H,1,11-16,36H2,2-9H3/t24-,25+,26+,27+,28+,29-,30+,31-,32+,33+,35+/m0/s1. The van der Waals surface area contributed by atoms with E-state index in [1.165, 1.54) is 0 Å². The van der Waals surface area contributed by atoms with Gasteiger partial charge in [-0.05, 0) is 12.8 Å². The molecule has 56 heavy (non-hydrogen) atoms. The van der Waals surface area contributed by atoms with Gasteiger partial charge in [-0.3, -0.25) is 33.6 Å². The van der Waals surface area contributed by atoms with Crippen LogP contribution in [0.1, 0.15) is 67.7 Å². The Morgan fingerprint density at radius 3 is 1.88 bits per heavy atom. The van der Waals surface area contributed by atoms with Crippen LogP contribution in [0.3, 0.4) is 0 Å². The molecule has 2 aliphatic rings. The van der Waals surface area contributed by atoms with Crippen molar-refractivity contribution in [2.75, 3.05) is 26.9 Å². The number of ether oxygens (including phenoxy) is 12. The van der Waals surface area contributed by atoms with E-state index in [4.69, 9.17) is 62.6 Å². The summed E-state index contributed by atoms with van der Waals surface area (Å²) in [5.74, 6) is -9.98. The van der Waals surface area contributed by atoms with E-state index in [1.54, 1.807) is 6.08 Å². The fourth-order valence-corrected chi connectivity index (χ4v) is 5.94. The van der Waals surface area contributed by atoms with E-state index in [1.807, 2.05) is 0 Å². The first-order valence-corrected chi connectivity index (χ1v) is 17.5. The molecule has 0 aliphatic carbocycles. The Morgan fingerprint density at radius 2 is 1.36 bits per heavy atom. The Morgan fingerprint density at radius 1 is 0.786 bits per heavy atom. The van der Waals surface area contributed by atoms with Gasteiger partial charge in [0, 0.05) is 48.5 Å². The fourth-order valence-electron chi connectivity index (χ4n) is 5.94. The van der Waals surface area contributed by atoms with E-state index >= 15 is 0 Å². The number of unbranched alkanes of at least 4 members (excludes halogenated alkanes) is 1. The van der Waals surface area contributed by atoms with Gasteiger partial charge in [0.15, 0.2) is 36.8 Å². The molecule has 2 saturated heterocycles. The summed E-state index contributed by atoms with van der Waals surface area (Å²) in [6.07, 6.45) is -12.2. The third-order valence-corrected chi connectivity index (χ3v) is 7.99. The Hall–Kier alpha value is -4.70. The Labute approximate surface area is 322 Å². The summed E-state index contributed by atoms with van der Waals surface area (Å²) in [4.78, 5) is 99.4. The van der Waals surface area contributed by atoms with E-state index in [-0.39, 0.29) is 6.61 Å². The maximum Gasteiger partial charge on any atom is 0.366 e. The highest BCUT2D eigenvalue weighted by Crippen LogP contribution is 2.38. The SMILES string of the molecule is C=CCCCO[C@@H]1O[C@H](CO[C@]2(C(=O)OC)C[C@H](OC(C)=O)[C@@H](N)[C@H]([C@H](OC(C)=O)[C@@H](COC(C)=O)OC(C)=O)O2)[C@H](OC(C)=O)[C@H](OC(C)=O)[C@H]1OC(C)=O. The molecule has 2 N–H and O–H groups in total. The van der Waals surface area contributed by atoms with Crippen molar-refractivity contribution in [3.8, 4) is 0 Å². The first-order chi connectivity index (χ1) is 26.2. The van der Waals surface area contributed by atoms with E-state index in [2.05, 4.69) is 6.58 Å². The number of allylic oxidation sites excluding steroid dienone is 1. The number of esters is 8. The van der Waals surface area contributed by atoms with Gasteiger partial charge in [-0.1, -0.05) is 6.08 Å². The maximum atomic E-state index is 13.8. The number of rotatable bonds is 19. The first-order valence-electron chi connectivity index (χ1n) is 17.5. The van der Waals surface area contributed by atoms with Crippen LogP contribution in [0.5, 0.6) is 0 Å². The Bertz CT molecular complexity index is 1440. The molecule has 2 aliphatic heterocycles. The minimum Gasteiger partial charge on any atom is -0.465 e. The fraction of sp³-hybridized carbons (Fsp3) is 0.714. The first kappa shape index (κ1) is 47.5. The van der Waals surface area contributed by atoms with Gasteiger partial charge in [0.1, 0.15) is 24.9 Å². The quantitative estimate of drug-likeness (QED) is 0.0769. The Balaban J connectivity index is 2.74. The van der Waals surface area contributed by atoms with E-state index < -0.39 is 134 Å². The largest absolute Gasteiger partial charge is 0.465 e. The highest BCUT2D eigenvalue weighted by molar-refractivity contribution is 5.78. The number of carbonyl (C=O) groups is 8. The molecule has 0 amide bonds. The second-order valence-corrected chi connectivity index (χ2v) is 12.7. The lowest BCUT2D eigenvalue weighted by molar-refractivity contribution is -0.340. The topological polar surface area (TPSA) is 273 Å². The molecule has 0 spiro atoms. The minimum absolute atomic E-state index is 0.0281. The molecule has 21 heteroatoms. The smallest absolute Gasteiger partial charge is 0.366 e. The molecule has 0 saturated carbocycles. The molecule has 0 bridgehead atoms. The zero-order chi connectivity index (χ0) is 42.3. The van der Waals surface area contributed by atoms with Crippen molar-refractivity contribution < 1.29 is 95.2 Å². The Kier molecular flexibility index (Phi) is 18.8. The van der Waals surface area contributed by atoms with Gasteiger partial charge in [-0.2, -0.15) is 0 Å². The van der Waals surface area contributed by atoms with E-state index in [9.17, 15) is 38.4 Å². The van der Waals surface area contributed by atoms with Crippen molar-refractivity contribution in [3.63, 3.8) is 0 Å². The van der Waals surface area contributed by atoms with E-state index in [0.717, 1.165) is 55.6 Å². The van der Waals surface area contributed by atoms with Crippen LogP contribution in [0.25, 0.3) is 0 Å². The molecule has 2 fully saturated rings. The van der Waals surface area contributed by atoms with Gasteiger partial charge in [-0.15, -0.1) is 6.58 Å². The molecular formula is C35H51NO20. The molecule has 2 heterocycles. The van der Waals surface area contributed by atoms with Crippen LogP contribution in [-0.4, -0.2) is 142 Å². The predicted molar refractivity (Wildman–Crippen MR) is 182 cm³/mol. The van der Waals surface area contributed by atoms with Crippen LogP contribution < -0.4 is 5.73 Å². The summed E-state index contributed by atoms with van der Waals surface area (Å²) < 4.78 is 67.1. The van der Waals surface area contributed by atoms with Crippen LogP contribution in [0, 0.1) is 0 Å². The van der Waals surface area contributed by atoms with Gasteiger partial charge in [0.05, 0.1) is 32.8 Å². The zero-order valence-electron chi connectivity index (χ0n) is 32.5. The zero-order valence-corrected chi connectivity index (χ0v) is 32.5. The third-order valence-electron chi connectivity index (χ3n) is 7.99. The average molecular weight is 806 g/mol. The second kappa shape index (κ2) is 22.1. The highest BCUT2D eigenvalue weighted by atomic mass is 16.8. The summed E-state index contributed by atoms with van der Waals surface area (Å²) in [6.45, 7) is 9.54. The summed E-state index contributed by atoms with van der Waals surface area (Å²) in [5.41, 5.74) is 6.51. The molecule has 0 radical (unpaired) electrons. The number of nitrogens with two attached hydrogens (primary N) is 1. The second-order valence-electron chi connectivity index (χ2n) is 12.7. The number of hydrogen-bond donors (Lipinski definition) is 1. The molecule has 2 rings (SSSR count). The molecule has 0 aromatic heterocycles. The van der Waals surface area contributed by atoms with Crippen molar-refractivity contribution in [1.82, 2.24) is 0 Å². The number of methoxy groups -OCH3 is 1. The highest BCUT2D eigenvalue weighted by Gasteiger charge is 2.60. The van der Waals surface area contributed by atoms with Gasteiger partial charge < -0.3 is 62.6 Å². The van der Waals surface area contributed by atoms with Gasteiger partial charge in [-0.25, -0.2) is 4.79 Å². The van der Waals surface area contributed by atoms with Crippen LogP contribution in [0.15, 0.2) is 12.7 Å². The van der Waals surface area contributed by atoms with Gasteiger partial charge >= 0.3 is 47.8 Å². The number of hydrogen-bond acceptors (Lipinski definition) is 21. The van der Waals surface area contributed by atoms with Crippen molar-refractivity contribution in [2.45, 2.75) is 135 Å². The lowest BCUT2D eigenvalue weighted by atomic mass is 9.88. The maximum absolute atomic E-state index is 13.8. The average Bonchev–Trinajstić information content (AvgIpc) is 3.08. The van der Waals surface area contributed by atoms with E-state index in [0.29, 0.717) is 12.8 Å². The van der Waals surface area contributed by atoms with Gasteiger partial charge in [0.25, 0.3) is 5.79 Å². The molecule has 0 unspecified atom stereocenters. The minimum atomic E-state index is -2.62. The lowest BCUT2D eigenvalue weighted by Gasteiger charge is -2.48. The molecule has 316 valence electrons. The van der Waals surface area contributed by atoms with Crippen molar-refractivity contribution in [2.24, 2.45) is 5.73 Å². The van der Waals surface area contributed by atoms with Crippen LogP contribution in [0.2, 0.25) is 0 Å². The van der Waals surface area contributed by atoms with Crippen LogP contribution in [-0.2, 0) is 95.2 Å². The molecule has 0 aromatic rings. The van der Waals surface area contributed by atoms with Gasteiger partial charge in [0.2, 0.25) is 0 Å². The molecule has 0 aromatic carbocycles. The molecule has 11 atom stereocenters. The predicted octanol–water partition coefficient (Wildman–Crippen LogP) is -0.150. The summed E-state index contributed by atoms with van der Waals surface area (Å²) in [5, 5.41) is 0. The van der Waals surface area contributed by atoms with Crippen molar-refractivity contribution in [1.29, 1.82) is 0 Å². The van der Waals surface area contributed by atoms with Crippen molar-refractivity contribution >= 4 is 47.8 Å². The summed E-state index contributed by atoms with van der Waals surface area (Å²) in [7, 11) is 0.972. The lowest BCUT2D eigenvalue weighted by Crippen LogP contribution is -2.68. The third kappa shape index (κ3) is 14.1. The molecule has 21 nitrogen and oxygen atoms in total. The van der Waals surface area contributed by atoms with Crippen molar-refractivity contribution in [3.05, 3.63) is 12.7 Å². The monoisotopic (exact) mass is 805 g/mol. The van der Waals surface area contributed by atoms with Crippen LogP contribution in [0.4, 0.5) is 0 Å². The molecular weight excluding hydrogens is 754 g/mol. The normalized spacial score (nSPS) is 28.2. The summed E-state index contributed by atoms with van der Waals surface area (Å²) >= 11 is 0. The summed E-state index contributed by atoms with van der Waals surface area (Å²) in [6, 6.07) is -1.44. The van der Waals surface area contributed by atoms with Crippen LogP contribution >= 0.6 is 0 Å². The number of carbonyl (C=O) groups excluding carboxylic acids is 8.